The van der Waals surface area contributed by atoms with E-state index in [1.165, 1.54) is 30.1 Å². The van der Waals surface area contributed by atoms with E-state index in [1.807, 2.05) is 6.92 Å². The van der Waals surface area contributed by atoms with Gasteiger partial charge in [0.25, 0.3) is 0 Å². The van der Waals surface area contributed by atoms with E-state index in [0.29, 0.717) is 6.79 Å². The van der Waals surface area contributed by atoms with Gasteiger partial charge >= 0.3 is 0 Å². The first kappa shape index (κ1) is 15.4. The zero-order valence-corrected chi connectivity index (χ0v) is 11.9. The number of alkyl halides is 1. The van der Waals surface area contributed by atoms with Gasteiger partial charge in [0.1, 0.15) is 6.79 Å². The smallest absolute Gasteiger partial charge is 0.146 e. The number of allylic oxidation sites excluding steroid dienone is 1. The van der Waals surface area contributed by atoms with Gasteiger partial charge in [0.2, 0.25) is 0 Å². The van der Waals surface area contributed by atoms with Crippen molar-refractivity contribution in [2.75, 3.05) is 24.4 Å². The Hall–Kier alpha value is 0.390. The maximum atomic E-state index is 5.24. The highest BCUT2D eigenvalue weighted by atomic mass is 127. The van der Waals surface area contributed by atoms with Gasteiger partial charge in [-0.25, -0.2) is 0 Å². The fourth-order valence-electron chi connectivity index (χ4n) is 1.12. The molecule has 0 saturated carbocycles. The lowest BCUT2D eigenvalue weighted by Crippen LogP contribution is -1.99. The number of hydrogen-bond donors (Lipinski definition) is 0. The van der Waals surface area contributed by atoms with E-state index in [4.69, 9.17) is 9.47 Å². The van der Waals surface area contributed by atoms with Crippen molar-refractivity contribution in [3.8, 4) is 0 Å². The molecule has 15 heavy (non-hydrogen) atoms. The van der Waals surface area contributed by atoms with E-state index in [-0.39, 0.29) is 0 Å². The SMILES string of the molecule is CCOCOCCC=CCCCCCI. The van der Waals surface area contributed by atoms with Crippen LogP contribution in [0.5, 0.6) is 0 Å². The van der Waals surface area contributed by atoms with Gasteiger partial charge in [-0.1, -0.05) is 41.2 Å². The molecule has 3 heteroatoms. The van der Waals surface area contributed by atoms with E-state index in [1.54, 1.807) is 0 Å². The minimum atomic E-state index is 0.431. The van der Waals surface area contributed by atoms with Gasteiger partial charge in [0.15, 0.2) is 0 Å². The van der Waals surface area contributed by atoms with Crippen molar-refractivity contribution in [2.45, 2.75) is 39.0 Å². The maximum Gasteiger partial charge on any atom is 0.146 e. The summed E-state index contributed by atoms with van der Waals surface area (Å²) in [6.45, 7) is 3.90. The first-order valence-electron chi connectivity index (χ1n) is 5.78. The summed E-state index contributed by atoms with van der Waals surface area (Å²) in [6.07, 6.45) is 10.7. The van der Waals surface area contributed by atoms with Gasteiger partial charge < -0.3 is 9.47 Å². The Morgan fingerprint density at radius 1 is 1.00 bits per heavy atom. The molecule has 0 aliphatic heterocycles. The zero-order valence-electron chi connectivity index (χ0n) is 9.71. The predicted molar refractivity (Wildman–Crippen MR) is 73.6 cm³/mol. The number of unbranched alkanes of at least 4 members (excludes halogenated alkanes) is 3. The Morgan fingerprint density at radius 3 is 2.53 bits per heavy atom. The molecule has 0 aromatic rings. The quantitative estimate of drug-likeness (QED) is 0.188. The third-order valence-electron chi connectivity index (χ3n) is 1.97. The predicted octanol–water partition coefficient (Wildman–Crippen LogP) is 3.94. The summed E-state index contributed by atoms with van der Waals surface area (Å²) in [5.74, 6) is 0. The molecule has 0 unspecified atom stereocenters. The monoisotopic (exact) mass is 326 g/mol. The molecule has 0 fully saturated rings. The number of halogens is 1. The molecule has 0 rings (SSSR count). The van der Waals surface area contributed by atoms with E-state index >= 15 is 0 Å². The van der Waals surface area contributed by atoms with Crippen LogP contribution in [0.4, 0.5) is 0 Å². The Balaban J connectivity index is 2.97. The molecule has 2 nitrogen and oxygen atoms in total. The standard InChI is InChI=1S/C12H23IO2/c1-2-14-12-15-11-9-7-5-3-4-6-8-10-13/h5,7H,2-4,6,8-12H2,1H3. The Labute approximate surface area is 108 Å². The second-order valence-electron chi connectivity index (χ2n) is 3.32. The summed E-state index contributed by atoms with van der Waals surface area (Å²) in [4.78, 5) is 0. The van der Waals surface area contributed by atoms with Crippen molar-refractivity contribution in [3.05, 3.63) is 12.2 Å². The minimum absolute atomic E-state index is 0.431. The lowest BCUT2D eigenvalue weighted by molar-refractivity contribution is -0.0476. The van der Waals surface area contributed by atoms with Crippen LogP contribution in [-0.4, -0.2) is 24.4 Å². The third kappa shape index (κ3) is 14.4. The Kier molecular flexibility index (Phi) is 14.8. The number of hydrogen-bond acceptors (Lipinski definition) is 2. The zero-order chi connectivity index (χ0) is 11.2. The summed E-state index contributed by atoms with van der Waals surface area (Å²) < 4.78 is 11.6. The molecule has 0 atom stereocenters. The van der Waals surface area contributed by atoms with Gasteiger partial charge in [0.05, 0.1) is 6.61 Å². The van der Waals surface area contributed by atoms with Crippen molar-refractivity contribution in [1.82, 2.24) is 0 Å². The molecule has 0 aromatic carbocycles. The lowest BCUT2D eigenvalue weighted by Gasteiger charge is -2.00. The Bertz CT molecular complexity index is 138. The molecule has 0 radical (unpaired) electrons. The summed E-state index contributed by atoms with van der Waals surface area (Å²) in [6, 6.07) is 0. The van der Waals surface area contributed by atoms with Crippen molar-refractivity contribution in [1.29, 1.82) is 0 Å². The van der Waals surface area contributed by atoms with E-state index in [2.05, 4.69) is 34.7 Å². The molecule has 0 heterocycles. The third-order valence-corrected chi connectivity index (χ3v) is 2.73. The second kappa shape index (κ2) is 14.4. The first-order chi connectivity index (χ1) is 7.41. The van der Waals surface area contributed by atoms with E-state index < -0.39 is 0 Å². The molecule has 0 N–H and O–H groups in total. The fourth-order valence-corrected chi connectivity index (χ4v) is 1.66. The van der Waals surface area contributed by atoms with Crippen LogP contribution in [0.3, 0.4) is 0 Å². The van der Waals surface area contributed by atoms with E-state index in [9.17, 15) is 0 Å². The molecule has 0 aliphatic carbocycles. The van der Waals surface area contributed by atoms with Crippen LogP contribution in [0.1, 0.15) is 39.0 Å². The highest BCUT2D eigenvalue weighted by Crippen LogP contribution is 2.03. The van der Waals surface area contributed by atoms with Crippen LogP contribution in [0.2, 0.25) is 0 Å². The average Bonchev–Trinajstić information content (AvgIpc) is 2.26. The second-order valence-corrected chi connectivity index (χ2v) is 4.40. The normalized spacial score (nSPS) is 11.3. The molecule has 0 aliphatic rings. The van der Waals surface area contributed by atoms with Crippen molar-refractivity contribution < 1.29 is 9.47 Å². The largest absolute Gasteiger partial charge is 0.356 e. The van der Waals surface area contributed by atoms with Crippen LogP contribution in [0.15, 0.2) is 12.2 Å². The van der Waals surface area contributed by atoms with Crippen LogP contribution in [-0.2, 0) is 9.47 Å². The highest BCUT2D eigenvalue weighted by Gasteiger charge is 1.86. The number of ether oxygens (including phenoxy) is 2. The molecular weight excluding hydrogens is 303 g/mol. The lowest BCUT2D eigenvalue weighted by atomic mass is 10.2. The van der Waals surface area contributed by atoms with Gasteiger partial charge in [-0.15, -0.1) is 0 Å². The van der Waals surface area contributed by atoms with Gasteiger partial charge in [0, 0.05) is 6.61 Å². The highest BCUT2D eigenvalue weighted by molar-refractivity contribution is 14.1. The first-order valence-corrected chi connectivity index (χ1v) is 7.30. The molecule has 0 aromatic heterocycles. The topological polar surface area (TPSA) is 18.5 Å². The average molecular weight is 326 g/mol. The van der Waals surface area contributed by atoms with Crippen LogP contribution < -0.4 is 0 Å². The molecule has 0 saturated heterocycles. The van der Waals surface area contributed by atoms with Crippen molar-refractivity contribution in [2.24, 2.45) is 0 Å². The van der Waals surface area contributed by atoms with Gasteiger partial charge in [-0.3, -0.25) is 0 Å². The summed E-state index contributed by atoms with van der Waals surface area (Å²) in [5, 5.41) is 0. The summed E-state index contributed by atoms with van der Waals surface area (Å²) in [5.41, 5.74) is 0. The fraction of sp³-hybridized carbons (Fsp3) is 0.833. The van der Waals surface area contributed by atoms with Gasteiger partial charge in [-0.05, 0) is 37.0 Å². The van der Waals surface area contributed by atoms with Crippen molar-refractivity contribution in [3.63, 3.8) is 0 Å². The van der Waals surface area contributed by atoms with Crippen LogP contribution in [0.25, 0.3) is 0 Å². The number of rotatable bonds is 11. The van der Waals surface area contributed by atoms with Crippen LogP contribution >= 0.6 is 22.6 Å². The molecule has 0 spiro atoms. The molecule has 0 amide bonds. The maximum absolute atomic E-state index is 5.24. The summed E-state index contributed by atoms with van der Waals surface area (Å²) in [7, 11) is 0. The van der Waals surface area contributed by atoms with Crippen LogP contribution in [0, 0.1) is 0 Å². The van der Waals surface area contributed by atoms with E-state index in [0.717, 1.165) is 19.6 Å². The van der Waals surface area contributed by atoms with Crippen molar-refractivity contribution >= 4 is 22.6 Å². The minimum Gasteiger partial charge on any atom is -0.356 e. The Morgan fingerprint density at radius 2 is 1.80 bits per heavy atom. The molecule has 0 bridgehead atoms. The summed E-state index contributed by atoms with van der Waals surface area (Å²) >= 11 is 2.43. The van der Waals surface area contributed by atoms with Gasteiger partial charge in [-0.2, -0.15) is 0 Å². The molecular formula is C12H23IO2. The molecule has 90 valence electrons.